The first-order chi connectivity index (χ1) is 12.5. The number of nitrogens with zero attached hydrogens (tertiary/aromatic N) is 2. The third kappa shape index (κ3) is 3.79. The molecule has 0 aliphatic carbocycles. The molecule has 26 heavy (non-hydrogen) atoms. The monoisotopic (exact) mass is 349 g/mol. The molecule has 2 atom stereocenters. The van der Waals surface area contributed by atoms with Gasteiger partial charge in [0.2, 0.25) is 0 Å². The predicted molar refractivity (Wildman–Crippen MR) is 106 cm³/mol. The van der Waals surface area contributed by atoms with Gasteiger partial charge in [-0.25, -0.2) is 4.98 Å². The molecule has 1 N–H and O–H groups in total. The van der Waals surface area contributed by atoms with Crippen LogP contribution in [0.5, 0.6) is 0 Å². The topological polar surface area (TPSA) is 46.9 Å². The van der Waals surface area contributed by atoms with E-state index in [-0.39, 0.29) is 11.9 Å². The number of carbonyl (C=O) groups is 1. The standard InChI is InChI=1S/C22H27N3O/c1-5-15(2)14-25-20-12-7-6-11-19(20)24-21(25)17(4)23-22(26)18-10-8-9-16(3)13-18/h6-13,15,17H,5,14H2,1-4H3,(H,23,26). The minimum atomic E-state index is -0.167. The van der Waals surface area contributed by atoms with E-state index < -0.39 is 0 Å². The van der Waals surface area contributed by atoms with Gasteiger partial charge in [-0.3, -0.25) is 4.79 Å². The maximum Gasteiger partial charge on any atom is 0.251 e. The highest BCUT2D eigenvalue weighted by atomic mass is 16.1. The fraction of sp³-hybridized carbons (Fsp3) is 0.364. The van der Waals surface area contributed by atoms with Crippen molar-refractivity contribution in [2.45, 2.75) is 46.7 Å². The number of para-hydroxylation sites is 2. The predicted octanol–water partition coefficient (Wildman–Crippen LogP) is 4.88. The van der Waals surface area contributed by atoms with E-state index in [0.29, 0.717) is 11.5 Å². The Labute approximate surface area is 155 Å². The Bertz CT molecular complexity index is 913. The van der Waals surface area contributed by atoms with Crippen molar-refractivity contribution in [2.24, 2.45) is 5.92 Å². The minimum absolute atomic E-state index is 0.0663. The van der Waals surface area contributed by atoms with Gasteiger partial charge in [0.05, 0.1) is 17.1 Å². The number of rotatable bonds is 6. The molecule has 4 heteroatoms. The van der Waals surface area contributed by atoms with Gasteiger partial charge in [0.15, 0.2) is 0 Å². The van der Waals surface area contributed by atoms with Crippen LogP contribution in [0, 0.1) is 12.8 Å². The first-order valence-electron chi connectivity index (χ1n) is 9.32. The molecule has 1 aromatic heterocycles. The fourth-order valence-electron chi connectivity index (χ4n) is 3.19. The Morgan fingerprint density at radius 2 is 1.92 bits per heavy atom. The first-order valence-corrected chi connectivity index (χ1v) is 9.32. The van der Waals surface area contributed by atoms with Crippen molar-refractivity contribution in [1.29, 1.82) is 0 Å². The van der Waals surface area contributed by atoms with Crippen molar-refractivity contribution in [2.75, 3.05) is 0 Å². The number of aryl methyl sites for hydroxylation is 1. The summed E-state index contributed by atoms with van der Waals surface area (Å²) in [6.45, 7) is 9.34. The molecule has 0 saturated heterocycles. The molecule has 0 radical (unpaired) electrons. The second-order valence-electron chi connectivity index (χ2n) is 7.15. The van der Waals surface area contributed by atoms with E-state index in [1.807, 2.05) is 56.3 Å². The number of hydrogen-bond acceptors (Lipinski definition) is 2. The Morgan fingerprint density at radius 3 is 2.65 bits per heavy atom. The number of benzene rings is 2. The van der Waals surface area contributed by atoms with Crippen LogP contribution in [0.1, 0.15) is 55.0 Å². The third-order valence-electron chi connectivity index (χ3n) is 4.89. The van der Waals surface area contributed by atoms with E-state index in [1.165, 1.54) is 0 Å². The lowest BCUT2D eigenvalue weighted by Gasteiger charge is -2.18. The summed E-state index contributed by atoms with van der Waals surface area (Å²) in [5, 5.41) is 3.11. The Hall–Kier alpha value is -2.62. The summed E-state index contributed by atoms with van der Waals surface area (Å²) in [7, 11) is 0. The average molecular weight is 349 g/mol. The fourth-order valence-corrected chi connectivity index (χ4v) is 3.19. The Morgan fingerprint density at radius 1 is 1.15 bits per heavy atom. The molecule has 1 amide bonds. The van der Waals surface area contributed by atoms with Crippen LogP contribution in [0.25, 0.3) is 11.0 Å². The van der Waals surface area contributed by atoms with Gasteiger partial charge in [0.1, 0.15) is 5.82 Å². The molecule has 0 fully saturated rings. The van der Waals surface area contributed by atoms with Crippen molar-refractivity contribution in [1.82, 2.24) is 14.9 Å². The lowest BCUT2D eigenvalue weighted by molar-refractivity contribution is 0.0937. The van der Waals surface area contributed by atoms with Gasteiger partial charge in [0, 0.05) is 12.1 Å². The molecule has 2 unspecified atom stereocenters. The van der Waals surface area contributed by atoms with Gasteiger partial charge in [-0.05, 0) is 44.0 Å². The van der Waals surface area contributed by atoms with E-state index >= 15 is 0 Å². The summed E-state index contributed by atoms with van der Waals surface area (Å²) in [4.78, 5) is 17.4. The van der Waals surface area contributed by atoms with Crippen LogP contribution < -0.4 is 5.32 Å². The third-order valence-corrected chi connectivity index (χ3v) is 4.89. The lowest BCUT2D eigenvalue weighted by Crippen LogP contribution is -2.29. The van der Waals surface area contributed by atoms with E-state index in [9.17, 15) is 4.79 Å². The Balaban J connectivity index is 1.90. The number of hydrogen-bond donors (Lipinski definition) is 1. The van der Waals surface area contributed by atoms with E-state index in [4.69, 9.17) is 4.98 Å². The molecular weight excluding hydrogens is 322 g/mol. The number of aromatic nitrogens is 2. The van der Waals surface area contributed by atoms with Crippen molar-refractivity contribution in [3.05, 3.63) is 65.5 Å². The molecular formula is C22H27N3O. The van der Waals surface area contributed by atoms with E-state index in [1.54, 1.807) is 0 Å². The number of nitrogens with one attached hydrogen (secondary N) is 1. The molecule has 3 rings (SSSR count). The second-order valence-corrected chi connectivity index (χ2v) is 7.15. The van der Waals surface area contributed by atoms with Gasteiger partial charge in [-0.1, -0.05) is 50.1 Å². The van der Waals surface area contributed by atoms with Crippen molar-refractivity contribution >= 4 is 16.9 Å². The van der Waals surface area contributed by atoms with Crippen LogP contribution in [-0.2, 0) is 6.54 Å². The van der Waals surface area contributed by atoms with Crippen LogP contribution in [0.3, 0.4) is 0 Å². The number of imidazole rings is 1. The van der Waals surface area contributed by atoms with E-state index in [0.717, 1.165) is 35.4 Å². The summed E-state index contributed by atoms with van der Waals surface area (Å²) in [5.41, 5.74) is 3.86. The number of carbonyl (C=O) groups excluding carboxylic acids is 1. The summed E-state index contributed by atoms with van der Waals surface area (Å²) in [6.07, 6.45) is 1.11. The lowest BCUT2D eigenvalue weighted by atomic mass is 10.1. The smallest absolute Gasteiger partial charge is 0.251 e. The molecule has 0 spiro atoms. The Kier molecular flexibility index (Phi) is 5.40. The van der Waals surface area contributed by atoms with Crippen LogP contribution in [0.15, 0.2) is 48.5 Å². The average Bonchev–Trinajstić information content (AvgIpc) is 3.00. The van der Waals surface area contributed by atoms with Gasteiger partial charge in [-0.15, -0.1) is 0 Å². The van der Waals surface area contributed by atoms with Crippen molar-refractivity contribution in [3.8, 4) is 0 Å². The van der Waals surface area contributed by atoms with E-state index in [2.05, 4.69) is 29.8 Å². The molecule has 1 heterocycles. The van der Waals surface area contributed by atoms with Crippen LogP contribution >= 0.6 is 0 Å². The normalized spacial score (nSPS) is 13.5. The second kappa shape index (κ2) is 7.73. The van der Waals surface area contributed by atoms with Crippen LogP contribution in [0.4, 0.5) is 0 Å². The highest BCUT2D eigenvalue weighted by Gasteiger charge is 2.20. The molecule has 3 aromatic rings. The number of amides is 1. The summed E-state index contributed by atoms with van der Waals surface area (Å²) < 4.78 is 2.25. The highest BCUT2D eigenvalue weighted by molar-refractivity contribution is 5.94. The van der Waals surface area contributed by atoms with Crippen molar-refractivity contribution < 1.29 is 4.79 Å². The van der Waals surface area contributed by atoms with Crippen molar-refractivity contribution in [3.63, 3.8) is 0 Å². The molecule has 2 aromatic carbocycles. The molecule has 4 nitrogen and oxygen atoms in total. The zero-order valence-corrected chi connectivity index (χ0v) is 16.0. The van der Waals surface area contributed by atoms with Gasteiger partial charge < -0.3 is 9.88 Å². The summed E-state index contributed by atoms with van der Waals surface area (Å²) in [5.74, 6) is 1.39. The first kappa shape index (κ1) is 18.2. The van der Waals surface area contributed by atoms with Gasteiger partial charge in [-0.2, -0.15) is 0 Å². The molecule has 136 valence electrons. The minimum Gasteiger partial charge on any atom is -0.342 e. The zero-order chi connectivity index (χ0) is 18.7. The van der Waals surface area contributed by atoms with Crippen LogP contribution in [0.2, 0.25) is 0 Å². The maximum absolute atomic E-state index is 12.6. The molecule has 0 aliphatic heterocycles. The quantitative estimate of drug-likeness (QED) is 0.689. The SMILES string of the molecule is CCC(C)Cn1c(C(C)NC(=O)c2cccc(C)c2)nc2ccccc21. The maximum atomic E-state index is 12.6. The van der Waals surface area contributed by atoms with Crippen LogP contribution in [-0.4, -0.2) is 15.5 Å². The summed E-state index contributed by atoms with van der Waals surface area (Å²) >= 11 is 0. The number of fused-ring (bicyclic) bond motifs is 1. The summed E-state index contributed by atoms with van der Waals surface area (Å²) in [6, 6.07) is 15.7. The largest absolute Gasteiger partial charge is 0.342 e. The van der Waals surface area contributed by atoms with Gasteiger partial charge >= 0.3 is 0 Å². The zero-order valence-electron chi connectivity index (χ0n) is 16.0. The molecule has 0 saturated carbocycles. The molecule has 0 aliphatic rings. The highest BCUT2D eigenvalue weighted by Crippen LogP contribution is 2.23. The van der Waals surface area contributed by atoms with Gasteiger partial charge in [0.25, 0.3) is 5.91 Å². The molecule has 0 bridgehead atoms.